The van der Waals surface area contributed by atoms with Crippen molar-refractivity contribution < 1.29 is 23.8 Å². The monoisotopic (exact) mass is 478 g/mol. The number of carboxylic acid groups (broad SMARTS) is 1. The van der Waals surface area contributed by atoms with Crippen LogP contribution in [-0.4, -0.2) is 39.5 Å². The van der Waals surface area contributed by atoms with E-state index in [9.17, 15) is 14.7 Å². The van der Waals surface area contributed by atoms with Gasteiger partial charge in [-0.15, -0.1) is 0 Å². The number of aliphatic carboxylic acids is 1. The Morgan fingerprint density at radius 1 is 1.29 bits per heavy atom. The van der Waals surface area contributed by atoms with Crippen LogP contribution in [-0.2, 0) is 29.0 Å². The van der Waals surface area contributed by atoms with Gasteiger partial charge in [-0.1, -0.05) is 43.7 Å². The zero-order chi connectivity index (χ0) is 25.4. The fourth-order valence-corrected chi connectivity index (χ4v) is 3.99. The molecule has 0 aliphatic carbocycles. The molecule has 7 nitrogen and oxygen atoms in total. The van der Waals surface area contributed by atoms with Gasteiger partial charge in [0.15, 0.2) is 0 Å². The van der Waals surface area contributed by atoms with Crippen LogP contribution < -0.4 is 4.74 Å². The summed E-state index contributed by atoms with van der Waals surface area (Å²) in [5.74, 6) is 0.785. The Kier molecular flexibility index (Phi) is 9.06. The summed E-state index contributed by atoms with van der Waals surface area (Å²) in [5, 5.41) is 9.66. The third kappa shape index (κ3) is 6.72. The smallest absolute Gasteiger partial charge is 0.326 e. The summed E-state index contributed by atoms with van der Waals surface area (Å²) in [4.78, 5) is 30.5. The second-order valence-electron chi connectivity index (χ2n) is 8.64. The molecule has 0 radical (unpaired) electrons. The van der Waals surface area contributed by atoms with Crippen molar-refractivity contribution in [2.45, 2.75) is 66.0 Å². The number of hydrogen-bond acceptors (Lipinski definition) is 5. The number of amides is 1. The average molecular weight is 479 g/mol. The minimum absolute atomic E-state index is 0.220. The highest BCUT2D eigenvalue weighted by Gasteiger charge is 2.33. The van der Waals surface area contributed by atoms with Gasteiger partial charge < -0.3 is 19.2 Å². The maximum atomic E-state index is 12.6. The second kappa shape index (κ2) is 12.2. The predicted molar refractivity (Wildman–Crippen MR) is 135 cm³/mol. The number of carbonyl (C=O) groups excluding carboxylic acids is 1. The number of rotatable bonds is 10. The molecule has 0 bridgehead atoms. The Morgan fingerprint density at radius 2 is 2.09 bits per heavy atom. The van der Waals surface area contributed by atoms with Crippen LogP contribution >= 0.6 is 0 Å². The first kappa shape index (κ1) is 26.0. The first-order chi connectivity index (χ1) is 16.8. The third-order valence-corrected chi connectivity index (χ3v) is 6.00. The predicted octanol–water partition coefficient (Wildman–Crippen LogP) is 5.28. The molecule has 1 aromatic heterocycles. The zero-order valence-corrected chi connectivity index (χ0v) is 20.9. The number of nitrogens with zero attached hydrogens (tertiary/aromatic N) is 2. The Labute approximate surface area is 206 Å². The first-order valence-corrected chi connectivity index (χ1v) is 12.0. The Balaban J connectivity index is 1.67. The van der Waals surface area contributed by atoms with Gasteiger partial charge in [-0.2, -0.15) is 0 Å². The van der Waals surface area contributed by atoms with Crippen LogP contribution in [0.25, 0.3) is 5.57 Å². The van der Waals surface area contributed by atoms with E-state index >= 15 is 0 Å². The molecule has 35 heavy (non-hydrogen) atoms. The van der Waals surface area contributed by atoms with E-state index in [1.807, 2.05) is 39.0 Å². The Hall–Kier alpha value is -3.61. The number of carbonyl (C=O) groups is 2. The fourth-order valence-electron chi connectivity index (χ4n) is 3.99. The van der Waals surface area contributed by atoms with Crippen LogP contribution in [0.4, 0.5) is 0 Å². The van der Waals surface area contributed by atoms with Gasteiger partial charge in [0, 0.05) is 31.0 Å². The number of aromatic nitrogens is 1. The van der Waals surface area contributed by atoms with Crippen LogP contribution in [0.15, 0.2) is 53.0 Å². The van der Waals surface area contributed by atoms with E-state index in [0.29, 0.717) is 24.7 Å². The van der Waals surface area contributed by atoms with Gasteiger partial charge >= 0.3 is 5.97 Å². The van der Waals surface area contributed by atoms with Gasteiger partial charge in [0.1, 0.15) is 17.6 Å². The van der Waals surface area contributed by atoms with Gasteiger partial charge in [0.05, 0.1) is 12.3 Å². The minimum atomic E-state index is -1.01. The van der Waals surface area contributed by atoms with Crippen molar-refractivity contribution in [1.29, 1.82) is 0 Å². The van der Waals surface area contributed by atoms with Crippen molar-refractivity contribution in [3.63, 3.8) is 0 Å². The molecule has 2 heterocycles. The number of allylic oxidation sites excluding steroid dienone is 5. The fraction of sp³-hybridized carbons (Fsp3) is 0.393. The normalized spacial score (nSPS) is 16.2. The van der Waals surface area contributed by atoms with Crippen molar-refractivity contribution in [2.24, 2.45) is 0 Å². The molecule has 0 unspecified atom stereocenters. The number of hydrogen-bond donors (Lipinski definition) is 1. The molecular weight excluding hydrogens is 444 g/mol. The summed E-state index contributed by atoms with van der Waals surface area (Å²) in [6.07, 6.45) is 11.6. The second-order valence-corrected chi connectivity index (χ2v) is 8.64. The van der Waals surface area contributed by atoms with Gasteiger partial charge in [-0.05, 0) is 50.5 Å². The summed E-state index contributed by atoms with van der Waals surface area (Å²) >= 11 is 0. The summed E-state index contributed by atoms with van der Waals surface area (Å²) in [6, 6.07) is 4.73. The van der Waals surface area contributed by atoms with Crippen LogP contribution in [0.2, 0.25) is 0 Å². The number of benzene rings is 1. The van der Waals surface area contributed by atoms with E-state index in [-0.39, 0.29) is 18.9 Å². The highest BCUT2D eigenvalue weighted by molar-refractivity contribution is 5.92. The van der Waals surface area contributed by atoms with E-state index in [4.69, 9.17) is 9.15 Å². The molecule has 1 aliphatic rings. The molecule has 0 saturated heterocycles. The molecule has 1 amide bonds. The van der Waals surface area contributed by atoms with E-state index in [1.54, 1.807) is 18.2 Å². The number of oxazole rings is 1. The molecule has 0 fully saturated rings. The summed E-state index contributed by atoms with van der Waals surface area (Å²) in [7, 11) is 0. The molecule has 1 N–H and O–H groups in total. The number of unbranched alkanes of at least 4 members (excludes halogenated alkanes) is 1. The van der Waals surface area contributed by atoms with Gasteiger partial charge in [0.2, 0.25) is 11.8 Å². The quantitative estimate of drug-likeness (QED) is 0.369. The van der Waals surface area contributed by atoms with Crippen molar-refractivity contribution in [2.75, 3.05) is 6.61 Å². The minimum Gasteiger partial charge on any atom is -0.493 e. The first-order valence-electron chi connectivity index (χ1n) is 12.0. The SMILES string of the molecule is C/C=C/C=C/C(=O)N1Cc2cc(OCCc3nc(/C(C)=C/CCC)oc3C)ccc2C[C@H]1C(=O)O. The van der Waals surface area contributed by atoms with E-state index in [0.717, 1.165) is 41.0 Å². The van der Waals surface area contributed by atoms with E-state index in [1.165, 1.54) is 11.0 Å². The summed E-state index contributed by atoms with van der Waals surface area (Å²) in [6.45, 7) is 8.55. The third-order valence-electron chi connectivity index (χ3n) is 6.00. The Bertz CT molecular complexity index is 1140. The van der Waals surface area contributed by atoms with Crippen LogP contribution in [0.5, 0.6) is 5.75 Å². The lowest BCUT2D eigenvalue weighted by Gasteiger charge is -2.34. The van der Waals surface area contributed by atoms with Crippen molar-refractivity contribution >= 4 is 17.4 Å². The standard InChI is InChI=1S/C28H34N2O5/c1-5-7-9-11-26(31)30-18-22-16-23(13-12-21(22)17-25(30)28(32)33)34-15-14-24-20(4)35-27(29-24)19(3)10-8-6-2/h5,7,9-13,16,25H,6,8,14-15,17-18H2,1-4H3,(H,32,33)/b7-5+,11-9+,19-10+/t25-/m0/s1. The topological polar surface area (TPSA) is 92.9 Å². The van der Waals surface area contributed by atoms with Crippen molar-refractivity contribution in [1.82, 2.24) is 9.88 Å². The molecule has 0 saturated carbocycles. The number of ether oxygens (including phenoxy) is 1. The summed E-state index contributed by atoms with van der Waals surface area (Å²) < 4.78 is 11.8. The van der Waals surface area contributed by atoms with Gasteiger partial charge in [0.25, 0.3) is 0 Å². The van der Waals surface area contributed by atoms with E-state index in [2.05, 4.69) is 18.0 Å². The molecule has 2 aromatic rings. The lowest BCUT2D eigenvalue weighted by atomic mass is 9.93. The average Bonchev–Trinajstić information content (AvgIpc) is 3.22. The van der Waals surface area contributed by atoms with Crippen LogP contribution in [0.3, 0.4) is 0 Å². The maximum absolute atomic E-state index is 12.6. The number of fused-ring (bicyclic) bond motifs is 1. The van der Waals surface area contributed by atoms with Crippen molar-refractivity contribution in [3.8, 4) is 5.75 Å². The molecule has 1 aliphatic heterocycles. The van der Waals surface area contributed by atoms with Gasteiger partial charge in [-0.25, -0.2) is 9.78 Å². The zero-order valence-electron chi connectivity index (χ0n) is 20.9. The Morgan fingerprint density at radius 3 is 2.80 bits per heavy atom. The van der Waals surface area contributed by atoms with Gasteiger partial charge in [-0.3, -0.25) is 4.79 Å². The lowest BCUT2D eigenvalue weighted by molar-refractivity contribution is -0.149. The van der Waals surface area contributed by atoms with Crippen LogP contribution in [0.1, 0.15) is 62.1 Å². The lowest BCUT2D eigenvalue weighted by Crippen LogP contribution is -2.48. The molecule has 7 heteroatoms. The molecule has 3 rings (SSSR count). The summed E-state index contributed by atoms with van der Waals surface area (Å²) in [5.41, 5.74) is 3.72. The van der Waals surface area contributed by atoms with Crippen molar-refractivity contribution in [3.05, 3.63) is 77.1 Å². The molecular formula is C28H34N2O5. The molecule has 1 atom stereocenters. The molecule has 0 spiro atoms. The largest absolute Gasteiger partial charge is 0.493 e. The molecule has 186 valence electrons. The van der Waals surface area contributed by atoms with Crippen LogP contribution in [0, 0.1) is 6.92 Å². The number of aryl methyl sites for hydroxylation is 1. The maximum Gasteiger partial charge on any atom is 0.326 e. The molecule has 1 aromatic carbocycles. The van der Waals surface area contributed by atoms with E-state index < -0.39 is 12.0 Å². The highest BCUT2D eigenvalue weighted by atomic mass is 16.5. The highest BCUT2D eigenvalue weighted by Crippen LogP contribution is 2.28. The number of carboxylic acids is 1.